The van der Waals surface area contributed by atoms with Crippen molar-refractivity contribution in [3.63, 3.8) is 0 Å². The molecule has 0 amide bonds. The minimum Gasteiger partial charge on any atom is -0.479 e. The number of benzene rings is 1. The van der Waals surface area contributed by atoms with Crippen molar-refractivity contribution in [1.82, 2.24) is 15.5 Å². The van der Waals surface area contributed by atoms with Crippen LogP contribution in [0.4, 0.5) is 0 Å². The van der Waals surface area contributed by atoms with Gasteiger partial charge in [0.25, 0.3) is 0 Å². The Morgan fingerprint density at radius 2 is 2.32 bits per heavy atom. The molecule has 2 aromatic rings. The highest BCUT2D eigenvalue weighted by atomic mass is 16.5. The Labute approximate surface area is 111 Å². The molecule has 0 fully saturated rings. The number of aryl methyl sites for hydroxylation is 1. The molecule has 0 saturated carbocycles. The average Bonchev–Trinajstić information content (AvgIpc) is 2.83. The first kappa shape index (κ1) is 13.1. The highest BCUT2D eigenvalue weighted by Gasteiger charge is 2.02. The van der Waals surface area contributed by atoms with Crippen molar-refractivity contribution < 1.29 is 9.26 Å². The van der Waals surface area contributed by atoms with Crippen LogP contribution < -0.4 is 10.1 Å². The van der Waals surface area contributed by atoms with E-state index in [4.69, 9.17) is 14.5 Å². The molecule has 6 nitrogen and oxygen atoms in total. The van der Waals surface area contributed by atoms with Crippen LogP contribution in [0, 0.1) is 18.3 Å². The molecule has 0 radical (unpaired) electrons. The lowest BCUT2D eigenvalue weighted by Gasteiger charge is -2.05. The maximum Gasteiger partial charge on any atom is 0.223 e. The van der Waals surface area contributed by atoms with Gasteiger partial charge >= 0.3 is 0 Å². The van der Waals surface area contributed by atoms with Crippen molar-refractivity contribution in [2.45, 2.75) is 20.0 Å². The molecule has 2 rings (SSSR count). The van der Waals surface area contributed by atoms with Gasteiger partial charge in [0.15, 0.2) is 12.4 Å². The smallest absolute Gasteiger partial charge is 0.223 e. The van der Waals surface area contributed by atoms with E-state index < -0.39 is 0 Å². The fourth-order valence-corrected chi connectivity index (χ4v) is 1.59. The Morgan fingerprint density at radius 1 is 1.42 bits per heavy atom. The first-order chi connectivity index (χ1) is 9.28. The molecule has 0 spiro atoms. The maximum atomic E-state index is 8.46. The Hall–Kier alpha value is -2.39. The molecule has 0 atom stereocenters. The quantitative estimate of drug-likeness (QED) is 0.846. The predicted octanol–water partition coefficient (Wildman–Crippen LogP) is 1.57. The average molecular weight is 258 g/mol. The summed E-state index contributed by atoms with van der Waals surface area (Å²) in [6.45, 7) is 3.02. The van der Waals surface area contributed by atoms with E-state index in [-0.39, 0.29) is 6.61 Å². The molecule has 0 unspecified atom stereocenters. The van der Waals surface area contributed by atoms with Gasteiger partial charge < -0.3 is 14.6 Å². The van der Waals surface area contributed by atoms with Crippen LogP contribution in [0.3, 0.4) is 0 Å². The monoisotopic (exact) mass is 258 g/mol. The lowest BCUT2D eigenvalue weighted by molar-refractivity contribution is 0.367. The molecule has 0 aliphatic heterocycles. The molecule has 19 heavy (non-hydrogen) atoms. The molecule has 1 aromatic heterocycles. The second kappa shape index (κ2) is 6.52. The van der Waals surface area contributed by atoms with Gasteiger partial charge in [-0.2, -0.15) is 10.2 Å². The third kappa shape index (κ3) is 4.08. The van der Waals surface area contributed by atoms with Crippen molar-refractivity contribution in [1.29, 1.82) is 5.26 Å². The minimum absolute atomic E-state index is 0.0546. The lowest BCUT2D eigenvalue weighted by atomic mass is 10.2. The summed E-state index contributed by atoms with van der Waals surface area (Å²) < 4.78 is 10.1. The van der Waals surface area contributed by atoms with Gasteiger partial charge in [0.2, 0.25) is 5.89 Å². The van der Waals surface area contributed by atoms with Gasteiger partial charge in [-0.25, -0.2) is 0 Å². The summed E-state index contributed by atoms with van der Waals surface area (Å²) in [6.07, 6.45) is 0. The van der Waals surface area contributed by atoms with Crippen molar-refractivity contribution in [2.24, 2.45) is 0 Å². The zero-order chi connectivity index (χ0) is 13.5. The van der Waals surface area contributed by atoms with Gasteiger partial charge in [-0.3, -0.25) is 0 Å². The van der Waals surface area contributed by atoms with Crippen LogP contribution in [-0.2, 0) is 13.1 Å². The van der Waals surface area contributed by atoms with E-state index in [1.165, 1.54) is 0 Å². The topological polar surface area (TPSA) is 84.0 Å². The van der Waals surface area contributed by atoms with Crippen molar-refractivity contribution >= 4 is 0 Å². The third-order valence-electron chi connectivity index (χ3n) is 2.38. The highest BCUT2D eigenvalue weighted by Crippen LogP contribution is 2.13. The second-order valence-electron chi connectivity index (χ2n) is 3.93. The first-order valence-electron chi connectivity index (χ1n) is 5.86. The summed E-state index contributed by atoms with van der Waals surface area (Å²) in [5.74, 6) is 1.88. The fraction of sp³-hybridized carbons (Fsp3) is 0.308. The second-order valence-corrected chi connectivity index (χ2v) is 3.93. The van der Waals surface area contributed by atoms with Crippen molar-refractivity contribution in [3.8, 4) is 11.8 Å². The van der Waals surface area contributed by atoms with E-state index in [0.717, 1.165) is 5.56 Å². The molecule has 1 heterocycles. The van der Waals surface area contributed by atoms with E-state index >= 15 is 0 Å². The highest BCUT2D eigenvalue weighted by molar-refractivity contribution is 5.28. The van der Waals surface area contributed by atoms with Crippen molar-refractivity contribution in [3.05, 3.63) is 41.5 Å². The van der Waals surface area contributed by atoms with E-state index in [9.17, 15) is 0 Å². The largest absolute Gasteiger partial charge is 0.479 e. The molecule has 0 saturated heterocycles. The van der Waals surface area contributed by atoms with Gasteiger partial charge in [0.1, 0.15) is 11.8 Å². The van der Waals surface area contributed by atoms with E-state index in [0.29, 0.717) is 30.6 Å². The molecular formula is C13H14N4O2. The maximum absolute atomic E-state index is 8.46. The zero-order valence-corrected chi connectivity index (χ0v) is 10.6. The summed E-state index contributed by atoms with van der Waals surface area (Å²) in [5, 5.41) is 15.5. The van der Waals surface area contributed by atoms with E-state index in [2.05, 4.69) is 15.5 Å². The third-order valence-corrected chi connectivity index (χ3v) is 2.38. The number of rotatable bonds is 6. The fourth-order valence-electron chi connectivity index (χ4n) is 1.59. The molecule has 0 bridgehead atoms. The van der Waals surface area contributed by atoms with Gasteiger partial charge in [-0.1, -0.05) is 17.3 Å². The number of hydrogen-bond donors (Lipinski definition) is 1. The van der Waals surface area contributed by atoms with Gasteiger partial charge in [-0.05, 0) is 17.7 Å². The van der Waals surface area contributed by atoms with Crippen LogP contribution in [0.25, 0.3) is 0 Å². The molecule has 1 N–H and O–H groups in total. The number of hydrogen-bond acceptors (Lipinski definition) is 6. The zero-order valence-electron chi connectivity index (χ0n) is 10.6. The van der Waals surface area contributed by atoms with Crippen LogP contribution in [0.5, 0.6) is 5.75 Å². The molecule has 98 valence electrons. The SMILES string of the molecule is Cc1nc(CNCc2cccc(OCC#N)c2)no1. The summed E-state index contributed by atoms with van der Waals surface area (Å²) in [6, 6.07) is 9.53. The normalized spacial score (nSPS) is 10.1. The van der Waals surface area contributed by atoms with Crippen LogP contribution >= 0.6 is 0 Å². The Morgan fingerprint density at radius 3 is 3.05 bits per heavy atom. The Bertz CT molecular complexity index is 574. The molecular weight excluding hydrogens is 244 g/mol. The summed E-state index contributed by atoms with van der Waals surface area (Å²) >= 11 is 0. The number of nitrogens with zero attached hydrogens (tertiary/aromatic N) is 3. The molecule has 0 aliphatic carbocycles. The first-order valence-corrected chi connectivity index (χ1v) is 5.86. The number of nitriles is 1. The summed E-state index contributed by atoms with van der Waals surface area (Å²) in [5.41, 5.74) is 1.07. The van der Waals surface area contributed by atoms with E-state index in [1.54, 1.807) is 6.92 Å². The Kier molecular flexibility index (Phi) is 4.48. The lowest BCUT2D eigenvalue weighted by Crippen LogP contribution is -2.13. The Balaban J connectivity index is 1.84. The summed E-state index contributed by atoms with van der Waals surface area (Å²) in [4.78, 5) is 4.10. The van der Waals surface area contributed by atoms with Gasteiger partial charge in [0, 0.05) is 13.5 Å². The minimum atomic E-state index is 0.0546. The van der Waals surface area contributed by atoms with Gasteiger partial charge in [0.05, 0.1) is 6.54 Å². The predicted molar refractivity (Wildman–Crippen MR) is 67.1 cm³/mol. The summed E-state index contributed by atoms with van der Waals surface area (Å²) in [7, 11) is 0. The number of aromatic nitrogens is 2. The molecule has 6 heteroatoms. The van der Waals surface area contributed by atoms with Crippen LogP contribution in [0.15, 0.2) is 28.8 Å². The standard InChI is InChI=1S/C13H14N4O2/c1-10-16-13(17-19-10)9-15-8-11-3-2-4-12(7-11)18-6-5-14/h2-4,7,15H,6,8-9H2,1H3. The van der Waals surface area contributed by atoms with Crippen LogP contribution in [0.2, 0.25) is 0 Å². The molecule has 0 aliphatic rings. The van der Waals surface area contributed by atoms with Crippen molar-refractivity contribution in [2.75, 3.05) is 6.61 Å². The number of nitrogens with one attached hydrogen (secondary N) is 1. The van der Waals surface area contributed by atoms with E-state index in [1.807, 2.05) is 30.3 Å². The van der Waals surface area contributed by atoms with Crippen LogP contribution in [0.1, 0.15) is 17.3 Å². The molecule has 1 aromatic carbocycles. The van der Waals surface area contributed by atoms with Gasteiger partial charge in [-0.15, -0.1) is 0 Å². The number of ether oxygens (including phenoxy) is 1. The van der Waals surface area contributed by atoms with Crippen LogP contribution in [-0.4, -0.2) is 16.7 Å².